The van der Waals surface area contributed by atoms with E-state index >= 15 is 0 Å². The maximum absolute atomic E-state index is 11.9. The van der Waals surface area contributed by atoms with Crippen LogP contribution in [0.15, 0.2) is 152 Å². The number of hydrogen-bond acceptors (Lipinski definition) is 11. The number of amides is 1. The van der Waals surface area contributed by atoms with Gasteiger partial charge in [0.05, 0.1) is 11.4 Å². The van der Waals surface area contributed by atoms with Gasteiger partial charge in [0.25, 0.3) is 0 Å². The Kier molecular flexibility index (Phi) is 19.2. The number of carbonyl (C=O) groups is 2. The lowest BCUT2D eigenvalue weighted by Crippen LogP contribution is -2.31. The Morgan fingerprint density at radius 1 is 0.672 bits per heavy atom. The Hall–Kier alpha value is -3.81. The standard InChI is InChI=1S/C22H20BrN3O2S.C10H7BrClNOS.C10H7BrClNS.C7H5BrO/c23-18-4-1-15(2-5-18)11-20-13-24-21(29-20)25-8-7-16-3-6-19(12-17(16)14-25)26-9-10-28-22(26)27;11-7-3-1-6(2-4-7)9(14)8-5-13-10(12)15-8;11-8-3-1-7(2-4-8)5-9-6-13-10(12)14-9;8-7-3-1-6(5-9)2-4-7/h1-6,12-13H,7-11,14H2;1-5,9,14H;1-4,6H,5H2;1-5H. The third-order valence-electron chi connectivity index (χ3n) is 10.2. The molecule has 344 valence electrons. The maximum atomic E-state index is 11.9. The number of aliphatic hydroxyl groups excluding tert-OH is 1. The lowest BCUT2D eigenvalue weighted by atomic mass is 9.99. The molecule has 1 N–H and O–H groups in total. The monoisotopic (exact) mass is 1240 g/mol. The Balaban J connectivity index is 0.000000147. The number of ether oxygens (including phenoxy) is 1. The summed E-state index contributed by atoms with van der Waals surface area (Å²) in [5.41, 5.74) is 7.63. The zero-order valence-electron chi connectivity index (χ0n) is 35.2. The topological polar surface area (TPSA) is 109 Å². The van der Waals surface area contributed by atoms with Crippen molar-refractivity contribution in [1.29, 1.82) is 0 Å². The molecule has 1 fully saturated rings. The second-order valence-corrected chi connectivity index (χ2v) is 22.9. The molecule has 9 nitrogen and oxygen atoms in total. The van der Waals surface area contributed by atoms with Gasteiger partial charge in [0.2, 0.25) is 0 Å². The zero-order chi connectivity index (χ0) is 47.3. The molecule has 1 unspecified atom stereocenters. The molecule has 0 radical (unpaired) electrons. The van der Waals surface area contributed by atoms with Crippen LogP contribution in [0.1, 0.15) is 58.9 Å². The molecule has 0 spiro atoms. The zero-order valence-corrected chi connectivity index (χ0v) is 45.5. The van der Waals surface area contributed by atoms with Gasteiger partial charge in [-0.15, -0.1) is 34.0 Å². The Bertz CT molecular complexity index is 2870. The molecule has 2 aliphatic heterocycles. The summed E-state index contributed by atoms with van der Waals surface area (Å²) in [4.78, 5) is 41.8. The van der Waals surface area contributed by atoms with Crippen LogP contribution in [-0.4, -0.2) is 52.1 Å². The lowest BCUT2D eigenvalue weighted by molar-refractivity contribution is 0.112. The van der Waals surface area contributed by atoms with Crippen LogP contribution >= 0.6 is 121 Å². The average Bonchev–Trinajstić information content (AvgIpc) is 4.18. The molecule has 1 amide bonds. The number of nitrogens with zero attached hydrogens (tertiary/aromatic N) is 5. The predicted octanol–water partition coefficient (Wildman–Crippen LogP) is 15.1. The normalized spacial score (nSPS) is 13.2. The van der Waals surface area contributed by atoms with Crippen molar-refractivity contribution in [1.82, 2.24) is 15.0 Å². The van der Waals surface area contributed by atoms with E-state index in [1.54, 1.807) is 34.6 Å². The third-order valence-corrected chi connectivity index (χ3v) is 15.6. The van der Waals surface area contributed by atoms with E-state index in [4.69, 9.17) is 27.9 Å². The number of halogens is 6. The minimum absolute atomic E-state index is 0.255. The second kappa shape index (κ2) is 25.2. The van der Waals surface area contributed by atoms with Gasteiger partial charge in [-0.25, -0.2) is 19.7 Å². The molecule has 0 saturated carbocycles. The van der Waals surface area contributed by atoms with Gasteiger partial charge in [0, 0.05) is 83.4 Å². The Morgan fingerprint density at radius 2 is 1.22 bits per heavy atom. The van der Waals surface area contributed by atoms with Crippen molar-refractivity contribution in [3.8, 4) is 0 Å². The molecule has 5 aromatic carbocycles. The van der Waals surface area contributed by atoms with Gasteiger partial charge in [0.15, 0.2) is 14.1 Å². The van der Waals surface area contributed by atoms with E-state index in [0.29, 0.717) is 27.6 Å². The number of carbonyl (C=O) groups excluding carboxylic acids is 2. The molecule has 1 saturated heterocycles. The number of anilines is 2. The van der Waals surface area contributed by atoms with E-state index in [1.165, 1.54) is 54.7 Å². The summed E-state index contributed by atoms with van der Waals surface area (Å²) in [7, 11) is 0. The van der Waals surface area contributed by atoms with Crippen molar-refractivity contribution in [2.45, 2.75) is 31.9 Å². The van der Waals surface area contributed by atoms with Crippen LogP contribution in [0.3, 0.4) is 0 Å². The number of thiazole rings is 3. The molecular formula is C49H39Br4Cl2N5O4S3. The van der Waals surface area contributed by atoms with Crippen molar-refractivity contribution in [2.24, 2.45) is 0 Å². The first-order valence-corrected chi connectivity index (χ1v) is 26.9. The molecule has 2 aliphatic rings. The van der Waals surface area contributed by atoms with Crippen molar-refractivity contribution in [3.63, 3.8) is 0 Å². The van der Waals surface area contributed by atoms with Crippen molar-refractivity contribution in [3.05, 3.63) is 209 Å². The first kappa shape index (κ1) is 51.1. The fraction of sp³-hybridized carbons (Fsp3) is 0.163. The predicted molar refractivity (Wildman–Crippen MR) is 288 cm³/mol. The summed E-state index contributed by atoms with van der Waals surface area (Å²) in [6.45, 7) is 2.86. The molecule has 1 atom stereocenters. The van der Waals surface area contributed by atoms with Gasteiger partial charge < -0.3 is 14.7 Å². The van der Waals surface area contributed by atoms with Gasteiger partial charge in [-0.1, -0.05) is 142 Å². The fourth-order valence-electron chi connectivity index (χ4n) is 6.74. The number of aromatic nitrogens is 3. The van der Waals surface area contributed by atoms with Gasteiger partial charge in [-0.05, 0) is 94.9 Å². The van der Waals surface area contributed by atoms with Crippen LogP contribution in [0.2, 0.25) is 8.93 Å². The van der Waals surface area contributed by atoms with Gasteiger partial charge >= 0.3 is 6.09 Å². The van der Waals surface area contributed by atoms with Crippen molar-refractivity contribution >= 4 is 144 Å². The highest BCUT2D eigenvalue weighted by Crippen LogP contribution is 2.33. The SMILES string of the molecule is Clc1ncc(Cc2ccc(Br)cc2)s1.O=C1OCCN1c1ccc2c(c1)CN(c1ncc(Cc3ccc(Br)cc3)s1)CC2.O=Cc1ccc(Br)cc1.OC(c1ccc(Br)cc1)c1cnc(Cl)s1. The highest BCUT2D eigenvalue weighted by Gasteiger charge is 2.26. The molecule has 0 bridgehead atoms. The van der Waals surface area contributed by atoms with Crippen LogP contribution in [0.25, 0.3) is 0 Å². The largest absolute Gasteiger partial charge is 0.447 e. The van der Waals surface area contributed by atoms with Gasteiger partial charge in [-0.3, -0.25) is 9.69 Å². The fourth-order valence-corrected chi connectivity index (χ4v) is 10.7. The van der Waals surface area contributed by atoms with Crippen LogP contribution in [0.4, 0.5) is 15.6 Å². The van der Waals surface area contributed by atoms with E-state index in [-0.39, 0.29) is 6.09 Å². The van der Waals surface area contributed by atoms with Crippen LogP contribution in [0.5, 0.6) is 0 Å². The van der Waals surface area contributed by atoms with Crippen molar-refractivity contribution in [2.75, 3.05) is 29.5 Å². The molecular weight excluding hydrogens is 1210 g/mol. The molecule has 5 heterocycles. The quantitative estimate of drug-likeness (QED) is 0.142. The lowest BCUT2D eigenvalue weighted by Gasteiger charge is -2.29. The molecule has 18 heteroatoms. The number of aldehydes is 1. The summed E-state index contributed by atoms with van der Waals surface area (Å²) in [5, 5.41) is 11.1. The molecule has 0 aliphatic carbocycles. The highest BCUT2D eigenvalue weighted by molar-refractivity contribution is 9.11. The molecule has 3 aromatic heterocycles. The Labute approximate surface area is 444 Å². The van der Waals surface area contributed by atoms with Crippen LogP contribution in [0, 0.1) is 0 Å². The van der Waals surface area contributed by atoms with Crippen molar-refractivity contribution < 1.29 is 19.4 Å². The number of hydrogen-bond donors (Lipinski definition) is 1. The summed E-state index contributed by atoms with van der Waals surface area (Å²) in [5.74, 6) is 0. The number of benzene rings is 5. The number of rotatable bonds is 9. The summed E-state index contributed by atoms with van der Waals surface area (Å²) in [6.07, 6.45) is 8.13. The van der Waals surface area contributed by atoms with Crippen LogP contribution < -0.4 is 9.80 Å². The first-order valence-electron chi connectivity index (χ1n) is 20.5. The minimum Gasteiger partial charge on any atom is -0.447 e. The summed E-state index contributed by atoms with van der Waals surface area (Å²) < 4.78 is 10.3. The van der Waals surface area contributed by atoms with E-state index in [2.05, 4.69) is 132 Å². The van der Waals surface area contributed by atoms with E-state index in [0.717, 1.165) is 77.8 Å². The van der Waals surface area contributed by atoms with Crippen LogP contribution in [-0.2, 0) is 30.5 Å². The smallest absolute Gasteiger partial charge is 0.414 e. The molecule has 10 rings (SSSR count). The third kappa shape index (κ3) is 15.3. The van der Waals surface area contributed by atoms with E-state index < -0.39 is 6.10 Å². The Morgan fingerprint density at radius 3 is 1.76 bits per heavy atom. The van der Waals surface area contributed by atoms with Gasteiger partial charge in [0.1, 0.15) is 19.0 Å². The number of cyclic esters (lactones) is 1. The molecule has 67 heavy (non-hydrogen) atoms. The van der Waals surface area contributed by atoms with E-state index in [1.807, 2.05) is 67.0 Å². The minimum atomic E-state index is -0.650. The first-order chi connectivity index (χ1) is 32.4. The molecule has 8 aromatic rings. The summed E-state index contributed by atoms with van der Waals surface area (Å²) in [6, 6.07) is 37.7. The van der Waals surface area contributed by atoms with Gasteiger partial charge in [-0.2, -0.15) is 0 Å². The highest BCUT2D eigenvalue weighted by atomic mass is 79.9. The average molecular weight is 1250 g/mol. The second-order valence-electron chi connectivity index (χ2n) is 14.8. The number of fused-ring (bicyclic) bond motifs is 1. The maximum Gasteiger partial charge on any atom is 0.414 e. The summed E-state index contributed by atoms with van der Waals surface area (Å²) >= 11 is 29.5. The number of aliphatic hydroxyl groups is 1. The van der Waals surface area contributed by atoms with E-state index in [9.17, 15) is 14.7 Å².